The van der Waals surface area contributed by atoms with Crippen LogP contribution in [-0.2, 0) is 24.1 Å². The predicted molar refractivity (Wildman–Crippen MR) is 127 cm³/mol. The van der Waals surface area contributed by atoms with Crippen molar-refractivity contribution >= 4 is 11.7 Å². The van der Waals surface area contributed by atoms with Crippen LogP contribution in [-0.4, -0.2) is 15.9 Å². The summed E-state index contributed by atoms with van der Waals surface area (Å²) in [6.07, 6.45) is 11.3. The number of hydrogen-bond acceptors (Lipinski definition) is 3. The van der Waals surface area contributed by atoms with Crippen molar-refractivity contribution in [3.63, 3.8) is 0 Å². The third-order valence-corrected chi connectivity index (χ3v) is 4.99. The largest absolute Gasteiger partial charge is 0.309 e. The van der Waals surface area contributed by atoms with E-state index >= 15 is 0 Å². The van der Waals surface area contributed by atoms with Gasteiger partial charge in [0.1, 0.15) is 5.82 Å². The Morgan fingerprint density at radius 1 is 1.23 bits per heavy atom. The van der Waals surface area contributed by atoms with Gasteiger partial charge in [0.05, 0.1) is 17.1 Å². The standard InChI is InChI=1S/C24H28FN3O.C2H6/c1-4-6-7-9-16(3)14-22(29)28-24-21(8-5-2)26-23-19-12-11-18(25)15-17(19)10-13-20(23)27-24;1-2/h4,6-7,9,11-12,15-16H,5,8,10,13-14H2,1-3H3,(H,27,28,29);1-2H3/b6-4-,9-7-;. The lowest BCUT2D eigenvalue weighted by Crippen LogP contribution is -2.19. The molecule has 1 aliphatic rings. The highest BCUT2D eigenvalue weighted by molar-refractivity contribution is 5.90. The summed E-state index contributed by atoms with van der Waals surface area (Å²) >= 11 is 0. The quantitative estimate of drug-likeness (QED) is 0.520. The van der Waals surface area contributed by atoms with E-state index in [0.29, 0.717) is 18.7 Å². The van der Waals surface area contributed by atoms with E-state index in [4.69, 9.17) is 9.97 Å². The van der Waals surface area contributed by atoms with Crippen LogP contribution in [0.4, 0.5) is 10.2 Å². The number of aromatic nitrogens is 2. The summed E-state index contributed by atoms with van der Waals surface area (Å²) in [5.41, 5.74) is 4.37. The first-order valence-corrected chi connectivity index (χ1v) is 11.3. The number of amides is 1. The molecule has 0 bridgehead atoms. The van der Waals surface area contributed by atoms with Crippen LogP contribution in [0.2, 0.25) is 0 Å². The number of aryl methyl sites for hydroxylation is 3. The van der Waals surface area contributed by atoms with Crippen LogP contribution >= 0.6 is 0 Å². The van der Waals surface area contributed by atoms with Crippen molar-refractivity contribution in [1.82, 2.24) is 9.97 Å². The molecule has 1 heterocycles. The predicted octanol–water partition coefficient (Wildman–Crippen LogP) is 6.46. The Morgan fingerprint density at radius 3 is 2.71 bits per heavy atom. The van der Waals surface area contributed by atoms with E-state index in [1.165, 1.54) is 6.07 Å². The first-order chi connectivity index (χ1) is 15.0. The van der Waals surface area contributed by atoms with Gasteiger partial charge in [-0.15, -0.1) is 0 Å². The SMILES string of the molecule is C/C=C\C=C/C(C)CC(=O)Nc1nc2c(nc1CCC)-c1ccc(F)cc1CC2.CC. The molecule has 0 saturated heterocycles. The molecule has 2 aromatic rings. The van der Waals surface area contributed by atoms with Crippen molar-refractivity contribution in [3.05, 3.63) is 65.3 Å². The van der Waals surface area contributed by atoms with Gasteiger partial charge < -0.3 is 5.32 Å². The molecule has 31 heavy (non-hydrogen) atoms. The topological polar surface area (TPSA) is 54.9 Å². The summed E-state index contributed by atoms with van der Waals surface area (Å²) in [7, 11) is 0. The summed E-state index contributed by atoms with van der Waals surface area (Å²) < 4.78 is 13.6. The summed E-state index contributed by atoms with van der Waals surface area (Å²) in [5.74, 6) is 0.405. The van der Waals surface area contributed by atoms with E-state index in [1.807, 2.05) is 52.0 Å². The zero-order chi connectivity index (χ0) is 22.8. The summed E-state index contributed by atoms with van der Waals surface area (Å²) in [4.78, 5) is 22.1. The van der Waals surface area contributed by atoms with E-state index < -0.39 is 0 Å². The van der Waals surface area contributed by atoms with Gasteiger partial charge in [0.25, 0.3) is 0 Å². The van der Waals surface area contributed by atoms with Crippen LogP contribution in [0, 0.1) is 11.7 Å². The fraction of sp³-hybridized carbons (Fsp3) is 0.423. The number of halogens is 1. The van der Waals surface area contributed by atoms with E-state index in [9.17, 15) is 9.18 Å². The second-order valence-corrected chi connectivity index (χ2v) is 7.51. The van der Waals surface area contributed by atoms with Crippen molar-refractivity contribution in [2.75, 3.05) is 5.32 Å². The number of hydrogen-bond donors (Lipinski definition) is 1. The maximum atomic E-state index is 13.6. The summed E-state index contributed by atoms with van der Waals surface area (Å²) in [6.45, 7) is 10.0. The number of anilines is 1. The highest BCUT2D eigenvalue weighted by Crippen LogP contribution is 2.33. The monoisotopic (exact) mass is 423 g/mol. The van der Waals surface area contributed by atoms with Crippen molar-refractivity contribution < 1.29 is 9.18 Å². The molecule has 0 fully saturated rings. The summed E-state index contributed by atoms with van der Waals surface area (Å²) in [5, 5.41) is 2.98. The molecule has 1 atom stereocenters. The Hall–Kier alpha value is -2.82. The maximum Gasteiger partial charge on any atom is 0.226 e. The van der Waals surface area contributed by atoms with Crippen LogP contribution in [0.1, 0.15) is 64.4 Å². The van der Waals surface area contributed by atoms with E-state index in [2.05, 4.69) is 12.2 Å². The Balaban J connectivity index is 0.00000166. The van der Waals surface area contributed by atoms with Gasteiger partial charge in [0.2, 0.25) is 5.91 Å². The minimum atomic E-state index is -0.226. The lowest BCUT2D eigenvalue weighted by atomic mass is 9.91. The number of allylic oxidation sites excluding steroid dienone is 4. The third kappa shape index (κ3) is 6.58. The lowest BCUT2D eigenvalue weighted by Gasteiger charge is -2.21. The molecule has 4 nitrogen and oxygen atoms in total. The van der Waals surface area contributed by atoms with E-state index in [1.54, 1.807) is 12.1 Å². The van der Waals surface area contributed by atoms with Gasteiger partial charge in [0.15, 0.2) is 5.82 Å². The summed E-state index contributed by atoms with van der Waals surface area (Å²) in [6, 6.07) is 4.83. The van der Waals surface area contributed by atoms with Crippen molar-refractivity contribution in [3.8, 4) is 11.3 Å². The normalized spacial score (nSPS) is 13.4. The van der Waals surface area contributed by atoms with Gasteiger partial charge in [0, 0.05) is 12.0 Å². The average molecular weight is 424 g/mol. The molecular formula is C26H34FN3O. The van der Waals surface area contributed by atoms with Gasteiger partial charge in [-0.3, -0.25) is 4.79 Å². The number of fused-ring (bicyclic) bond motifs is 3. The molecule has 0 spiro atoms. The number of benzene rings is 1. The first kappa shape index (κ1) is 24.4. The number of rotatable bonds is 7. The third-order valence-electron chi connectivity index (χ3n) is 4.99. The molecule has 1 aromatic carbocycles. The van der Waals surface area contributed by atoms with Gasteiger partial charge in [-0.25, -0.2) is 14.4 Å². The van der Waals surface area contributed by atoms with Crippen LogP contribution in [0.25, 0.3) is 11.3 Å². The van der Waals surface area contributed by atoms with Crippen molar-refractivity contribution in [1.29, 1.82) is 0 Å². The molecule has 166 valence electrons. The second kappa shape index (κ2) is 12.1. The zero-order valence-corrected chi connectivity index (χ0v) is 19.3. The highest BCUT2D eigenvalue weighted by atomic mass is 19.1. The lowest BCUT2D eigenvalue weighted by molar-refractivity contribution is -0.116. The molecular weight excluding hydrogens is 389 g/mol. The molecule has 3 rings (SSSR count). The zero-order valence-electron chi connectivity index (χ0n) is 19.3. The first-order valence-electron chi connectivity index (χ1n) is 11.3. The molecule has 1 aliphatic carbocycles. The van der Waals surface area contributed by atoms with Crippen LogP contribution < -0.4 is 5.32 Å². The molecule has 1 unspecified atom stereocenters. The molecule has 1 N–H and O–H groups in total. The molecule has 5 heteroatoms. The smallest absolute Gasteiger partial charge is 0.226 e. The van der Waals surface area contributed by atoms with Crippen LogP contribution in [0.5, 0.6) is 0 Å². The van der Waals surface area contributed by atoms with Gasteiger partial charge >= 0.3 is 0 Å². The Morgan fingerprint density at radius 2 is 2.00 bits per heavy atom. The number of nitrogens with zero attached hydrogens (tertiary/aromatic N) is 2. The molecule has 1 amide bonds. The number of carbonyl (C=O) groups is 1. The molecule has 0 aliphatic heterocycles. The number of nitrogens with one attached hydrogen (secondary N) is 1. The van der Waals surface area contributed by atoms with E-state index in [0.717, 1.165) is 47.5 Å². The fourth-order valence-electron chi connectivity index (χ4n) is 3.57. The Kier molecular flexibility index (Phi) is 9.57. The van der Waals surface area contributed by atoms with Crippen molar-refractivity contribution in [2.45, 2.75) is 66.7 Å². The Labute approximate surface area is 185 Å². The molecule has 1 aromatic heterocycles. The minimum Gasteiger partial charge on any atom is -0.309 e. The minimum absolute atomic E-state index is 0.0625. The van der Waals surface area contributed by atoms with Gasteiger partial charge in [-0.2, -0.15) is 0 Å². The van der Waals surface area contributed by atoms with E-state index in [-0.39, 0.29) is 17.6 Å². The fourth-order valence-corrected chi connectivity index (χ4v) is 3.57. The Bertz CT molecular complexity index is 950. The molecule has 0 radical (unpaired) electrons. The maximum absolute atomic E-state index is 13.6. The average Bonchev–Trinajstić information content (AvgIpc) is 2.75. The van der Waals surface area contributed by atoms with Crippen LogP contribution in [0.3, 0.4) is 0 Å². The van der Waals surface area contributed by atoms with Gasteiger partial charge in [-0.05, 0) is 55.9 Å². The van der Waals surface area contributed by atoms with Gasteiger partial charge in [-0.1, -0.05) is 58.4 Å². The molecule has 0 saturated carbocycles. The van der Waals surface area contributed by atoms with Crippen molar-refractivity contribution in [2.24, 2.45) is 5.92 Å². The highest BCUT2D eigenvalue weighted by Gasteiger charge is 2.22. The number of carbonyl (C=O) groups excluding carboxylic acids is 1. The second-order valence-electron chi connectivity index (χ2n) is 7.51. The van der Waals surface area contributed by atoms with Crippen LogP contribution in [0.15, 0.2) is 42.5 Å².